The average molecular weight is 484 g/mol. The lowest BCUT2D eigenvalue weighted by Crippen LogP contribution is -2.10. The molecule has 0 aliphatic heterocycles. The summed E-state index contributed by atoms with van der Waals surface area (Å²) < 4.78 is 84.3. The van der Waals surface area contributed by atoms with E-state index in [2.05, 4.69) is 4.74 Å². The van der Waals surface area contributed by atoms with Crippen LogP contribution in [0.25, 0.3) is 11.1 Å². The highest BCUT2D eigenvalue weighted by Gasteiger charge is 2.33. The number of hydrogen-bond donors (Lipinski definition) is 2. The Balaban J connectivity index is 2.10. The van der Waals surface area contributed by atoms with Crippen molar-refractivity contribution < 1.29 is 45.7 Å². The largest absolute Gasteiger partial charge is 0.507 e. The lowest BCUT2D eigenvalue weighted by Gasteiger charge is -2.14. The molecule has 0 radical (unpaired) electrons. The highest BCUT2D eigenvalue weighted by molar-refractivity contribution is 7.90. The molecule has 0 heterocycles. The number of carbonyl (C=O) groups is 1. The van der Waals surface area contributed by atoms with Gasteiger partial charge < -0.3 is 14.9 Å². The molecule has 0 saturated carbocycles. The second kappa shape index (κ2) is 8.74. The predicted molar refractivity (Wildman–Crippen MR) is 109 cm³/mol. The predicted octanol–water partition coefficient (Wildman–Crippen LogP) is 4.68. The van der Waals surface area contributed by atoms with Gasteiger partial charge in [0.1, 0.15) is 22.9 Å². The van der Waals surface area contributed by atoms with E-state index in [1.54, 1.807) is 0 Å². The minimum Gasteiger partial charge on any atom is -0.507 e. The van der Waals surface area contributed by atoms with Crippen LogP contribution < -0.4 is 0 Å². The Morgan fingerprint density at radius 1 is 0.970 bits per heavy atom. The first kappa shape index (κ1) is 24.1. The van der Waals surface area contributed by atoms with Crippen LogP contribution in [0.15, 0.2) is 59.5 Å². The van der Waals surface area contributed by atoms with Crippen LogP contribution in [0, 0.1) is 5.82 Å². The monoisotopic (exact) mass is 484 g/mol. The van der Waals surface area contributed by atoms with Gasteiger partial charge in [-0.05, 0) is 59.7 Å². The van der Waals surface area contributed by atoms with Gasteiger partial charge in [0, 0.05) is 5.56 Å². The first-order chi connectivity index (χ1) is 15.3. The number of phenolic OH excluding ortho intramolecular Hbond substituents is 2. The number of benzene rings is 3. The van der Waals surface area contributed by atoms with Crippen molar-refractivity contribution in [2.45, 2.75) is 16.8 Å². The van der Waals surface area contributed by atoms with Gasteiger partial charge in [-0.25, -0.2) is 17.6 Å². The molecule has 0 amide bonds. The van der Waals surface area contributed by atoms with E-state index in [0.717, 1.165) is 43.5 Å². The molecule has 11 heteroatoms. The number of phenols is 2. The van der Waals surface area contributed by atoms with E-state index in [0.29, 0.717) is 12.1 Å². The van der Waals surface area contributed by atoms with Crippen molar-refractivity contribution in [2.75, 3.05) is 7.11 Å². The lowest BCUT2D eigenvalue weighted by molar-refractivity contribution is -0.137. The van der Waals surface area contributed by atoms with Gasteiger partial charge >= 0.3 is 12.1 Å². The van der Waals surface area contributed by atoms with Crippen LogP contribution in [0.4, 0.5) is 17.6 Å². The Morgan fingerprint density at radius 2 is 1.67 bits per heavy atom. The Kier molecular flexibility index (Phi) is 6.37. The van der Waals surface area contributed by atoms with Gasteiger partial charge in [-0.2, -0.15) is 13.2 Å². The zero-order valence-corrected chi connectivity index (χ0v) is 17.7. The second-order valence-corrected chi connectivity index (χ2v) is 9.00. The number of sulfone groups is 1. The molecule has 0 aliphatic carbocycles. The number of alkyl halides is 3. The lowest BCUT2D eigenvalue weighted by atomic mass is 10.0. The summed E-state index contributed by atoms with van der Waals surface area (Å²) in [4.78, 5) is 10.8. The van der Waals surface area contributed by atoms with Gasteiger partial charge in [-0.3, -0.25) is 0 Å². The van der Waals surface area contributed by atoms with E-state index in [9.17, 15) is 41.0 Å². The zero-order valence-electron chi connectivity index (χ0n) is 16.9. The van der Waals surface area contributed by atoms with Crippen LogP contribution in [-0.2, 0) is 26.5 Å². The maximum absolute atomic E-state index is 13.6. The van der Waals surface area contributed by atoms with Crippen LogP contribution in [0.3, 0.4) is 0 Å². The molecular formula is C22H16F4O6S. The third-order valence-corrected chi connectivity index (χ3v) is 6.35. The molecule has 3 aromatic rings. The minimum atomic E-state index is -4.93. The van der Waals surface area contributed by atoms with Crippen molar-refractivity contribution in [3.8, 4) is 22.6 Å². The number of aromatic hydroxyl groups is 2. The quantitative estimate of drug-likeness (QED) is 0.403. The molecule has 2 N–H and O–H groups in total. The fraction of sp³-hybridized carbons (Fsp3) is 0.136. The normalized spacial score (nSPS) is 11.9. The van der Waals surface area contributed by atoms with Crippen molar-refractivity contribution in [1.29, 1.82) is 0 Å². The highest BCUT2D eigenvalue weighted by atomic mass is 32.2. The Bertz CT molecular complexity index is 1330. The van der Waals surface area contributed by atoms with Crippen LogP contribution in [0.2, 0.25) is 0 Å². The summed E-state index contributed by atoms with van der Waals surface area (Å²) in [7, 11) is -3.32. The molecule has 0 aliphatic rings. The van der Waals surface area contributed by atoms with Crippen LogP contribution in [0.1, 0.15) is 21.5 Å². The summed E-state index contributed by atoms with van der Waals surface area (Å²) in [6, 6.07) is 7.84. The summed E-state index contributed by atoms with van der Waals surface area (Å²) >= 11 is 0. The zero-order chi connectivity index (χ0) is 24.6. The van der Waals surface area contributed by atoms with E-state index in [1.165, 1.54) is 6.07 Å². The van der Waals surface area contributed by atoms with Gasteiger partial charge in [-0.1, -0.05) is 6.07 Å². The van der Waals surface area contributed by atoms with Crippen LogP contribution in [-0.4, -0.2) is 31.7 Å². The summed E-state index contributed by atoms with van der Waals surface area (Å²) in [6.07, 6.45) is -4.93. The summed E-state index contributed by atoms with van der Waals surface area (Å²) in [5.74, 6) is -3.62. The molecule has 0 saturated heterocycles. The SMILES string of the molecule is COC(=O)c1ccc(CS(=O)(=O)c2cc(-c3cc(F)ccc3O)cc(C(F)(F)F)c2)cc1O. The Labute approximate surface area is 185 Å². The number of halogens is 4. The first-order valence-corrected chi connectivity index (χ1v) is 10.8. The highest BCUT2D eigenvalue weighted by Crippen LogP contribution is 2.38. The molecule has 0 unspecified atom stereocenters. The maximum Gasteiger partial charge on any atom is 0.416 e. The van der Waals surface area contributed by atoms with E-state index in [4.69, 9.17) is 0 Å². The summed E-state index contributed by atoms with van der Waals surface area (Å²) in [6.45, 7) is 0. The van der Waals surface area contributed by atoms with Gasteiger partial charge in [0.25, 0.3) is 0 Å². The third-order valence-electron chi connectivity index (χ3n) is 4.69. The fourth-order valence-corrected chi connectivity index (χ4v) is 4.49. The van der Waals surface area contributed by atoms with Gasteiger partial charge in [-0.15, -0.1) is 0 Å². The molecule has 174 valence electrons. The number of hydrogen-bond acceptors (Lipinski definition) is 6. The second-order valence-electron chi connectivity index (χ2n) is 7.01. The number of ether oxygens (including phenoxy) is 1. The molecule has 6 nitrogen and oxygen atoms in total. The van der Waals surface area contributed by atoms with Crippen LogP contribution >= 0.6 is 0 Å². The average Bonchev–Trinajstić information content (AvgIpc) is 2.73. The van der Waals surface area contributed by atoms with Crippen molar-refractivity contribution >= 4 is 15.8 Å². The smallest absolute Gasteiger partial charge is 0.416 e. The van der Waals surface area contributed by atoms with Crippen molar-refractivity contribution in [2.24, 2.45) is 0 Å². The molecular weight excluding hydrogens is 468 g/mol. The summed E-state index contributed by atoms with van der Waals surface area (Å²) in [5.41, 5.74) is -2.22. The molecule has 0 bridgehead atoms. The van der Waals surface area contributed by atoms with Crippen molar-refractivity contribution in [1.82, 2.24) is 0 Å². The number of rotatable bonds is 5. The third kappa shape index (κ3) is 5.25. The fourth-order valence-electron chi connectivity index (χ4n) is 3.09. The number of methoxy groups -OCH3 is 1. The minimum absolute atomic E-state index is 0.00674. The van der Waals surface area contributed by atoms with Crippen molar-refractivity contribution in [3.63, 3.8) is 0 Å². The molecule has 0 fully saturated rings. The maximum atomic E-state index is 13.6. The Hall–Kier alpha value is -3.60. The van der Waals surface area contributed by atoms with Gasteiger partial charge in [0.15, 0.2) is 9.84 Å². The molecule has 0 spiro atoms. The molecule has 0 aromatic heterocycles. The number of esters is 1. The molecule has 33 heavy (non-hydrogen) atoms. The molecule has 3 aromatic carbocycles. The van der Waals surface area contributed by atoms with E-state index in [1.807, 2.05) is 0 Å². The van der Waals surface area contributed by atoms with Gasteiger partial charge in [0.2, 0.25) is 0 Å². The Morgan fingerprint density at radius 3 is 2.27 bits per heavy atom. The number of carbonyl (C=O) groups excluding carboxylic acids is 1. The first-order valence-electron chi connectivity index (χ1n) is 9.16. The van der Waals surface area contributed by atoms with Crippen LogP contribution in [0.5, 0.6) is 11.5 Å². The summed E-state index contributed by atoms with van der Waals surface area (Å²) in [5, 5.41) is 19.9. The standard InChI is InChI=1S/C22H16F4O6S/c1-32-21(29)17-4-2-12(6-20(17)28)11-33(30,31)16-8-13(7-14(9-16)22(24,25)26)18-10-15(23)3-5-19(18)27/h2-10,27-28H,11H2,1H3. The van der Waals surface area contributed by atoms with E-state index >= 15 is 0 Å². The molecule has 0 atom stereocenters. The van der Waals surface area contributed by atoms with Crippen molar-refractivity contribution in [3.05, 3.63) is 77.1 Å². The van der Waals surface area contributed by atoms with Gasteiger partial charge in [0.05, 0.1) is 23.3 Å². The molecule has 3 rings (SSSR count). The topological polar surface area (TPSA) is 101 Å². The van der Waals surface area contributed by atoms with E-state index in [-0.39, 0.29) is 22.3 Å². The van der Waals surface area contributed by atoms with E-state index < -0.39 is 55.5 Å².